The minimum absolute atomic E-state index is 0.000752. The predicted octanol–water partition coefficient (Wildman–Crippen LogP) is 3.77. The molecule has 0 saturated carbocycles. The lowest BCUT2D eigenvalue weighted by Gasteiger charge is -2.14. The van der Waals surface area contributed by atoms with Crippen LogP contribution in [0.25, 0.3) is 6.08 Å². The van der Waals surface area contributed by atoms with Gasteiger partial charge in [0.25, 0.3) is 11.1 Å². The van der Waals surface area contributed by atoms with Crippen LogP contribution in [-0.4, -0.2) is 40.5 Å². The van der Waals surface area contributed by atoms with Crippen LogP contribution in [-0.2, 0) is 16.1 Å². The number of carboxylic acids is 1. The van der Waals surface area contributed by atoms with Crippen molar-refractivity contribution in [3.05, 3.63) is 57.5 Å². The molecular formula is C20H14ClNO7S. The molecule has 0 unspecified atom stereocenters. The third-order valence-electron chi connectivity index (χ3n) is 4.26. The van der Waals surface area contributed by atoms with Gasteiger partial charge < -0.3 is 19.3 Å². The zero-order valence-electron chi connectivity index (χ0n) is 15.3. The molecule has 2 heterocycles. The molecule has 30 heavy (non-hydrogen) atoms. The number of halogens is 1. The predicted molar refractivity (Wildman–Crippen MR) is 109 cm³/mol. The summed E-state index contributed by atoms with van der Waals surface area (Å²) in [5.41, 5.74) is 1.16. The number of hydrogen-bond donors (Lipinski definition) is 1. The lowest BCUT2D eigenvalue weighted by molar-refractivity contribution is -0.139. The number of carboxylic acid groups (broad SMARTS) is 1. The van der Waals surface area contributed by atoms with Crippen LogP contribution in [0, 0.1) is 0 Å². The molecule has 2 aromatic rings. The third-order valence-corrected chi connectivity index (χ3v) is 5.52. The van der Waals surface area contributed by atoms with Crippen LogP contribution in [0.1, 0.15) is 11.1 Å². The van der Waals surface area contributed by atoms with Crippen LogP contribution in [0.2, 0.25) is 5.02 Å². The molecule has 10 heteroatoms. The van der Waals surface area contributed by atoms with Crippen molar-refractivity contribution in [2.45, 2.75) is 6.54 Å². The summed E-state index contributed by atoms with van der Waals surface area (Å²) in [6, 6.07) is 9.83. The average molecular weight is 448 g/mol. The summed E-state index contributed by atoms with van der Waals surface area (Å²) in [5, 5.41) is 8.65. The van der Waals surface area contributed by atoms with Crippen LogP contribution in [0.5, 0.6) is 17.2 Å². The molecule has 0 atom stereocenters. The molecule has 1 saturated heterocycles. The zero-order valence-corrected chi connectivity index (χ0v) is 16.9. The summed E-state index contributed by atoms with van der Waals surface area (Å²) in [6.45, 7) is -0.385. The molecule has 4 rings (SSSR count). The smallest absolute Gasteiger partial charge is 0.341 e. The molecule has 0 spiro atoms. The van der Waals surface area contributed by atoms with Gasteiger partial charge in [0, 0.05) is 11.1 Å². The number of imide groups is 1. The molecule has 0 bridgehead atoms. The highest BCUT2D eigenvalue weighted by Gasteiger charge is 2.35. The molecule has 2 aromatic carbocycles. The van der Waals surface area contributed by atoms with Crippen molar-refractivity contribution in [1.29, 1.82) is 0 Å². The molecule has 154 valence electrons. The van der Waals surface area contributed by atoms with Crippen molar-refractivity contribution in [3.63, 3.8) is 0 Å². The molecule has 0 radical (unpaired) electrons. The van der Waals surface area contributed by atoms with Crippen LogP contribution in [0.15, 0.2) is 41.3 Å². The van der Waals surface area contributed by atoms with Gasteiger partial charge in [-0.1, -0.05) is 23.7 Å². The minimum Gasteiger partial charge on any atom is -0.482 e. The number of hydrogen-bond acceptors (Lipinski definition) is 7. The van der Waals surface area contributed by atoms with E-state index in [2.05, 4.69) is 0 Å². The van der Waals surface area contributed by atoms with Gasteiger partial charge >= 0.3 is 5.97 Å². The summed E-state index contributed by atoms with van der Waals surface area (Å²) in [4.78, 5) is 37.2. The number of carbonyl (C=O) groups is 3. The Labute approximate surface area is 180 Å². The van der Waals surface area contributed by atoms with Crippen molar-refractivity contribution in [2.24, 2.45) is 0 Å². The Morgan fingerprint density at radius 3 is 2.77 bits per heavy atom. The van der Waals surface area contributed by atoms with E-state index in [1.807, 2.05) is 0 Å². The SMILES string of the molecule is O=C(O)COc1cccc(/C=C2\SC(=O)N(Cc3cc4c(cc3Cl)OCO4)C2=O)c1. The van der Waals surface area contributed by atoms with E-state index in [9.17, 15) is 14.4 Å². The quantitative estimate of drug-likeness (QED) is 0.667. The highest BCUT2D eigenvalue weighted by molar-refractivity contribution is 8.18. The number of ether oxygens (including phenoxy) is 3. The summed E-state index contributed by atoms with van der Waals surface area (Å²) in [6.07, 6.45) is 1.56. The van der Waals surface area contributed by atoms with Crippen LogP contribution in [0.4, 0.5) is 4.79 Å². The van der Waals surface area contributed by atoms with E-state index in [1.165, 1.54) is 0 Å². The largest absolute Gasteiger partial charge is 0.482 e. The Morgan fingerprint density at radius 2 is 2.00 bits per heavy atom. The third kappa shape index (κ3) is 4.22. The fourth-order valence-corrected chi connectivity index (χ4v) is 3.93. The van der Waals surface area contributed by atoms with Gasteiger partial charge in [-0.15, -0.1) is 0 Å². The van der Waals surface area contributed by atoms with E-state index in [4.69, 9.17) is 30.9 Å². The Morgan fingerprint density at radius 1 is 1.23 bits per heavy atom. The first-order valence-electron chi connectivity index (χ1n) is 8.69. The molecule has 2 amide bonds. The van der Waals surface area contributed by atoms with Gasteiger partial charge in [0.05, 0.1) is 11.4 Å². The first-order valence-corrected chi connectivity index (χ1v) is 9.88. The Balaban J connectivity index is 1.52. The Hall–Kier alpha value is -3.17. The number of nitrogens with zero attached hydrogens (tertiary/aromatic N) is 1. The van der Waals surface area contributed by atoms with Gasteiger partial charge in [0.15, 0.2) is 18.1 Å². The average Bonchev–Trinajstić information content (AvgIpc) is 3.26. The Bertz CT molecular complexity index is 1080. The summed E-state index contributed by atoms with van der Waals surface area (Å²) >= 11 is 7.07. The van der Waals surface area contributed by atoms with Gasteiger partial charge in [0.2, 0.25) is 6.79 Å². The number of thioether (sulfide) groups is 1. The standard InChI is InChI=1S/C20H14ClNO7S/c21-14-7-16-15(28-10-29-16)6-12(14)8-22-19(25)17(30-20(22)26)5-11-2-1-3-13(4-11)27-9-18(23)24/h1-7H,8-10H2,(H,23,24)/b17-5-. The zero-order chi connectivity index (χ0) is 21.3. The highest BCUT2D eigenvalue weighted by atomic mass is 35.5. The first-order chi connectivity index (χ1) is 14.4. The van der Waals surface area contributed by atoms with E-state index in [0.717, 1.165) is 16.7 Å². The van der Waals surface area contributed by atoms with Crippen molar-refractivity contribution < 1.29 is 33.7 Å². The van der Waals surface area contributed by atoms with E-state index < -0.39 is 23.7 Å². The number of carbonyl (C=O) groups excluding carboxylic acids is 2. The lowest BCUT2D eigenvalue weighted by Crippen LogP contribution is -2.27. The van der Waals surface area contributed by atoms with E-state index >= 15 is 0 Å². The summed E-state index contributed by atoms with van der Waals surface area (Å²) in [5.74, 6) is -0.172. The first kappa shape index (κ1) is 20.1. The van der Waals surface area contributed by atoms with Crippen molar-refractivity contribution >= 4 is 46.6 Å². The molecule has 0 aromatic heterocycles. The normalized spacial score (nSPS) is 16.4. The van der Waals surface area contributed by atoms with Crippen LogP contribution < -0.4 is 14.2 Å². The monoisotopic (exact) mass is 447 g/mol. The molecule has 8 nitrogen and oxygen atoms in total. The number of amides is 2. The van der Waals surface area contributed by atoms with Crippen molar-refractivity contribution in [2.75, 3.05) is 13.4 Å². The van der Waals surface area contributed by atoms with Gasteiger partial charge in [-0.2, -0.15) is 0 Å². The summed E-state index contributed by atoms with van der Waals surface area (Å²) < 4.78 is 15.7. The van der Waals surface area contributed by atoms with Gasteiger partial charge in [-0.05, 0) is 47.2 Å². The van der Waals surface area contributed by atoms with Gasteiger partial charge in [-0.25, -0.2) is 4.79 Å². The summed E-state index contributed by atoms with van der Waals surface area (Å²) in [7, 11) is 0. The Kier molecular flexibility index (Phi) is 5.56. The molecule has 2 aliphatic rings. The molecule has 2 aliphatic heterocycles. The molecule has 1 fully saturated rings. The second kappa shape index (κ2) is 8.29. The fourth-order valence-electron chi connectivity index (χ4n) is 2.88. The highest BCUT2D eigenvalue weighted by Crippen LogP contribution is 2.39. The minimum atomic E-state index is -1.09. The maximum atomic E-state index is 12.8. The number of rotatable bonds is 6. The van der Waals surface area contributed by atoms with Crippen LogP contribution in [0.3, 0.4) is 0 Å². The fraction of sp³-hybridized carbons (Fsp3) is 0.150. The number of fused-ring (bicyclic) bond motifs is 1. The lowest BCUT2D eigenvalue weighted by atomic mass is 10.1. The maximum absolute atomic E-state index is 12.8. The molecule has 1 N–H and O–H groups in total. The second-order valence-corrected chi connectivity index (χ2v) is 7.72. The number of benzene rings is 2. The topological polar surface area (TPSA) is 102 Å². The van der Waals surface area contributed by atoms with Crippen molar-refractivity contribution in [3.8, 4) is 17.2 Å². The van der Waals surface area contributed by atoms with Crippen LogP contribution >= 0.6 is 23.4 Å². The molecular weight excluding hydrogens is 434 g/mol. The van der Waals surface area contributed by atoms with E-state index in [-0.39, 0.29) is 18.2 Å². The van der Waals surface area contributed by atoms with E-state index in [1.54, 1.807) is 42.5 Å². The van der Waals surface area contributed by atoms with Crippen molar-refractivity contribution in [1.82, 2.24) is 4.90 Å². The van der Waals surface area contributed by atoms with E-state index in [0.29, 0.717) is 33.4 Å². The molecule has 0 aliphatic carbocycles. The van der Waals surface area contributed by atoms with Gasteiger partial charge in [-0.3, -0.25) is 14.5 Å². The maximum Gasteiger partial charge on any atom is 0.341 e. The number of aliphatic carboxylic acids is 1. The van der Waals surface area contributed by atoms with Gasteiger partial charge in [0.1, 0.15) is 5.75 Å². The second-order valence-electron chi connectivity index (χ2n) is 6.32.